The van der Waals surface area contributed by atoms with Gasteiger partial charge in [-0.05, 0) is 11.6 Å². The molecule has 1 aromatic rings. The first-order chi connectivity index (χ1) is 6.61. The topological polar surface area (TPSA) is 74.3 Å². The minimum atomic E-state index is -0.550. The summed E-state index contributed by atoms with van der Waals surface area (Å²) >= 11 is 0. The van der Waals surface area contributed by atoms with Gasteiger partial charge in [-0.1, -0.05) is 0 Å². The fraction of sp³-hybridized carbons (Fsp3) is 0.333. The lowest BCUT2D eigenvalue weighted by Crippen LogP contribution is -2.25. The molecule has 0 radical (unpaired) electrons. The molecule has 1 rings (SSSR count). The Morgan fingerprint density at radius 3 is 2.71 bits per heavy atom. The third-order valence-corrected chi connectivity index (χ3v) is 2.00. The van der Waals surface area contributed by atoms with Crippen molar-refractivity contribution in [3.8, 4) is 0 Å². The van der Waals surface area contributed by atoms with E-state index in [2.05, 4.69) is 4.74 Å². The molecule has 1 heterocycles. The van der Waals surface area contributed by atoms with Gasteiger partial charge in [0.15, 0.2) is 0 Å². The van der Waals surface area contributed by atoms with E-state index in [-0.39, 0.29) is 17.8 Å². The Kier molecular flexibility index (Phi) is 3.03. The molecule has 0 amide bonds. The summed E-state index contributed by atoms with van der Waals surface area (Å²) in [6.07, 6.45) is 0. The van der Waals surface area contributed by atoms with Gasteiger partial charge < -0.3 is 15.0 Å². The molecule has 0 aliphatic carbocycles. The molecule has 1 aromatic heterocycles. The number of esters is 1. The third kappa shape index (κ3) is 1.67. The molecule has 0 saturated heterocycles. The Labute approximate surface area is 81.1 Å². The van der Waals surface area contributed by atoms with E-state index in [1.54, 1.807) is 0 Å². The molecule has 5 heteroatoms. The Morgan fingerprint density at radius 2 is 2.21 bits per heavy atom. The van der Waals surface area contributed by atoms with Crippen molar-refractivity contribution in [3.05, 3.63) is 33.7 Å². The lowest BCUT2D eigenvalue weighted by Gasteiger charge is -2.09. The first-order valence-electron chi connectivity index (χ1n) is 4.09. The molecule has 0 atom stereocenters. The van der Waals surface area contributed by atoms with E-state index in [1.807, 2.05) is 0 Å². The zero-order valence-corrected chi connectivity index (χ0v) is 8.11. The van der Waals surface area contributed by atoms with Gasteiger partial charge in [-0.25, -0.2) is 4.79 Å². The number of nitrogens with zero attached hydrogens (tertiary/aromatic N) is 1. The summed E-state index contributed by atoms with van der Waals surface area (Å²) in [5.74, 6) is -0.550. The highest BCUT2D eigenvalue weighted by molar-refractivity contribution is 5.89. The van der Waals surface area contributed by atoms with Crippen LogP contribution in [0.1, 0.15) is 16.1 Å². The quantitative estimate of drug-likeness (QED) is 0.655. The van der Waals surface area contributed by atoms with Crippen LogP contribution in [0.15, 0.2) is 16.9 Å². The lowest BCUT2D eigenvalue weighted by molar-refractivity contribution is 0.0587. The van der Waals surface area contributed by atoms with Gasteiger partial charge in [0.25, 0.3) is 5.56 Å². The number of aromatic nitrogens is 1. The number of carbonyl (C=O) groups is 1. The van der Waals surface area contributed by atoms with Gasteiger partial charge in [0.05, 0.1) is 7.11 Å². The van der Waals surface area contributed by atoms with Gasteiger partial charge in [0, 0.05) is 19.7 Å². The number of hydrogen-bond donors (Lipinski definition) is 1. The van der Waals surface area contributed by atoms with E-state index in [0.717, 1.165) is 0 Å². The Hall–Kier alpha value is -1.62. The van der Waals surface area contributed by atoms with Crippen molar-refractivity contribution >= 4 is 5.97 Å². The fourth-order valence-corrected chi connectivity index (χ4v) is 1.22. The molecule has 0 bridgehead atoms. The van der Waals surface area contributed by atoms with Crippen molar-refractivity contribution in [2.24, 2.45) is 12.8 Å². The number of carbonyl (C=O) groups excluding carboxylic acids is 1. The summed E-state index contributed by atoms with van der Waals surface area (Å²) in [7, 11) is 2.77. The van der Waals surface area contributed by atoms with Crippen molar-refractivity contribution < 1.29 is 9.53 Å². The second-order valence-electron chi connectivity index (χ2n) is 2.80. The van der Waals surface area contributed by atoms with Crippen molar-refractivity contribution in [1.29, 1.82) is 0 Å². The van der Waals surface area contributed by atoms with Crippen LogP contribution in [-0.4, -0.2) is 17.6 Å². The second kappa shape index (κ2) is 4.06. The monoisotopic (exact) mass is 196 g/mol. The van der Waals surface area contributed by atoms with Crippen LogP contribution in [0, 0.1) is 0 Å². The van der Waals surface area contributed by atoms with Crippen molar-refractivity contribution in [2.45, 2.75) is 6.54 Å². The van der Waals surface area contributed by atoms with Crippen molar-refractivity contribution in [1.82, 2.24) is 4.57 Å². The normalized spacial score (nSPS) is 9.93. The molecule has 0 fully saturated rings. The minimum Gasteiger partial charge on any atom is -0.464 e. The van der Waals surface area contributed by atoms with Crippen molar-refractivity contribution in [2.75, 3.05) is 7.11 Å². The number of ether oxygens (including phenoxy) is 1. The predicted octanol–water partition coefficient (Wildman–Crippen LogP) is -0.369. The summed E-state index contributed by atoms with van der Waals surface area (Å²) in [5, 5.41) is 0. The van der Waals surface area contributed by atoms with Gasteiger partial charge in [0.1, 0.15) is 5.69 Å². The number of nitrogens with two attached hydrogens (primary N) is 1. The first kappa shape index (κ1) is 10.5. The van der Waals surface area contributed by atoms with Crippen LogP contribution < -0.4 is 11.3 Å². The summed E-state index contributed by atoms with van der Waals surface area (Å²) in [5.41, 5.74) is 5.98. The standard InChI is InChI=1S/C9H12N2O3/c1-11-7(12)4-3-6(5-10)8(11)9(13)14-2/h3-4H,5,10H2,1-2H3. The maximum absolute atomic E-state index is 11.3. The lowest BCUT2D eigenvalue weighted by atomic mass is 10.2. The maximum atomic E-state index is 11.3. The van der Waals surface area contributed by atoms with Crippen LogP contribution in [0.2, 0.25) is 0 Å². The molecule has 0 aromatic carbocycles. The number of hydrogen-bond acceptors (Lipinski definition) is 4. The van der Waals surface area contributed by atoms with E-state index < -0.39 is 5.97 Å². The van der Waals surface area contributed by atoms with Gasteiger partial charge >= 0.3 is 5.97 Å². The average Bonchev–Trinajstić information content (AvgIpc) is 2.20. The molecule has 0 unspecified atom stereocenters. The molecule has 0 saturated carbocycles. The zero-order chi connectivity index (χ0) is 10.7. The molecule has 14 heavy (non-hydrogen) atoms. The van der Waals surface area contributed by atoms with Crippen LogP contribution >= 0.6 is 0 Å². The summed E-state index contributed by atoms with van der Waals surface area (Å²) < 4.78 is 5.79. The molecular weight excluding hydrogens is 184 g/mol. The van der Waals surface area contributed by atoms with E-state index >= 15 is 0 Å². The number of pyridine rings is 1. The van der Waals surface area contributed by atoms with Gasteiger partial charge in [-0.2, -0.15) is 0 Å². The average molecular weight is 196 g/mol. The largest absolute Gasteiger partial charge is 0.464 e. The SMILES string of the molecule is COC(=O)c1c(CN)ccc(=O)n1C. The molecule has 0 aliphatic heterocycles. The van der Waals surface area contributed by atoms with Crippen LogP contribution in [0.4, 0.5) is 0 Å². The third-order valence-electron chi connectivity index (χ3n) is 2.00. The van der Waals surface area contributed by atoms with Crippen LogP contribution in [0.5, 0.6) is 0 Å². The Morgan fingerprint density at radius 1 is 1.57 bits per heavy atom. The highest BCUT2D eigenvalue weighted by Crippen LogP contribution is 2.05. The van der Waals surface area contributed by atoms with Crippen LogP contribution in [-0.2, 0) is 18.3 Å². The van der Waals surface area contributed by atoms with E-state index in [0.29, 0.717) is 5.56 Å². The minimum absolute atomic E-state index is 0.193. The zero-order valence-electron chi connectivity index (χ0n) is 8.11. The predicted molar refractivity (Wildman–Crippen MR) is 50.9 cm³/mol. The maximum Gasteiger partial charge on any atom is 0.355 e. The second-order valence-corrected chi connectivity index (χ2v) is 2.80. The van der Waals surface area contributed by atoms with Gasteiger partial charge in [-0.15, -0.1) is 0 Å². The highest BCUT2D eigenvalue weighted by Gasteiger charge is 2.14. The van der Waals surface area contributed by atoms with E-state index in [9.17, 15) is 9.59 Å². The summed E-state index contributed by atoms with van der Waals surface area (Å²) in [6.45, 7) is 0.193. The smallest absolute Gasteiger partial charge is 0.355 e. The van der Waals surface area contributed by atoms with Gasteiger partial charge in [0.2, 0.25) is 0 Å². The Bertz CT molecular complexity index is 409. The molecule has 5 nitrogen and oxygen atoms in total. The molecule has 0 aliphatic rings. The van der Waals surface area contributed by atoms with Crippen LogP contribution in [0.3, 0.4) is 0 Å². The fourth-order valence-electron chi connectivity index (χ4n) is 1.22. The summed E-state index contributed by atoms with van der Waals surface area (Å²) in [6, 6.07) is 2.91. The molecule has 0 spiro atoms. The van der Waals surface area contributed by atoms with E-state index in [1.165, 1.54) is 30.9 Å². The molecular formula is C9H12N2O3. The van der Waals surface area contributed by atoms with E-state index in [4.69, 9.17) is 5.73 Å². The molecule has 76 valence electrons. The Balaban J connectivity index is 3.43. The summed E-state index contributed by atoms with van der Waals surface area (Å²) in [4.78, 5) is 22.6. The van der Waals surface area contributed by atoms with Crippen molar-refractivity contribution in [3.63, 3.8) is 0 Å². The number of rotatable bonds is 2. The molecule has 2 N–H and O–H groups in total. The van der Waals surface area contributed by atoms with Crippen LogP contribution in [0.25, 0.3) is 0 Å². The highest BCUT2D eigenvalue weighted by atomic mass is 16.5. The number of methoxy groups -OCH3 is 1. The first-order valence-corrected chi connectivity index (χ1v) is 4.09. The van der Waals surface area contributed by atoms with Gasteiger partial charge in [-0.3, -0.25) is 4.79 Å².